The highest BCUT2D eigenvalue weighted by atomic mass is 35.5. The van der Waals surface area contributed by atoms with Crippen LogP contribution < -0.4 is 20.1 Å². The second-order valence-electron chi connectivity index (χ2n) is 6.46. The van der Waals surface area contributed by atoms with E-state index in [1.165, 1.54) is 0 Å². The lowest BCUT2D eigenvalue weighted by Gasteiger charge is -2.18. The van der Waals surface area contributed by atoms with Crippen LogP contribution in [0.3, 0.4) is 0 Å². The van der Waals surface area contributed by atoms with Gasteiger partial charge in [-0.3, -0.25) is 9.59 Å². The zero-order valence-corrected chi connectivity index (χ0v) is 18.0. The highest BCUT2D eigenvalue weighted by Crippen LogP contribution is 2.37. The molecule has 0 unspecified atom stereocenters. The normalized spacial score (nSPS) is 10.3. The van der Waals surface area contributed by atoms with Crippen molar-refractivity contribution in [3.63, 3.8) is 0 Å². The molecule has 7 heteroatoms. The van der Waals surface area contributed by atoms with Gasteiger partial charge >= 0.3 is 0 Å². The van der Waals surface area contributed by atoms with E-state index in [0.29, 0.717) is 52.2 Å². The highest BCUT2D eigenvalue weighted by molar-refractivity contribution is 6.34. The molecule has 0 fully saturated rings. The summed E-state index contributed by atoms with van der Waals surface area (Å²) in [7, 11) is 0. The average molecular weight is 439 g/mol. The topological polar surface area (TPSA) is 76.7 Å². The quantitative estimate of drug-likeness (QED) is 0.477. The summed E-state index contributed by atoms with van der Waals surface area (Å²) >= 11 is 6.14. The molecule has 0 aromatic heterocycles. The Labute approximate surface area is 186 Å². The number of benzene rings is 3. The molecule has 0 radical (unpaired) electrons. The molecule has 3 aromatic rings. The van der Waals surface area contributed by atoms with Crippen LogP contribution in [0.25, 0.3) is 0 Å². The molecule has 6 nitrogen and oxygen atoms in total. The third-order valence-corrected chi connectivity index (χ3v) is 4.66. The number of rotatable bonds is 8. The van der Waals surface area contributed by atoms with Crippen LogP contribution in [-0.2, 0) is 0 Å². The monoisotopic (exact) mass is 438 g/mol. The van der Waals surface area contributed by atoms with Gasteiger partial charge in [-0.05, 0) is 38.1 Å². The Morgan fingerprint density at radius 2 is 1.29 bits per heavy atom. The van der Waals surface area contributed by atoms with Crippen molar-refractivity contribution in [2.24, 2.45) is 0 Å². The lowest BCUT2D eigenvalue weighted by molar-refractivity contribution is 0.101. The average Bonchev–Trinajstić information content (AvgIpc) is 2.77. The fourth-order valence-electron chi connectivity index (χ4n) is 2.92. The maximum Gasteiger partial charge on any atom is 0.257 e. The van der Waals surface area contributed by atoms with Crippen molar-refractivity contribution in [2.45, 2.75) is 13.8 Å². The molecule has 2 amide bonds. The van der Waals surface area contributed by atoms with Gasteiger partial charge in [0.1, 0.15) is 11.5 Å². The first-order valence-corrected chi connectivity index (χ1v) is 10.3. The van der Waals surface area contributed by atoms with Crippen molar-refractivity contribution in [2.75, 3.05) is 23.8 Å². The number of carbonyl (C=O) groups is 2. The van der Waals surface area contributed by atoms with Crippen LogP contribution in [0.15, 0.2) is 66.7 Å². The van der Waals surface area contributed by atoms with Crippen molar-refractivity contribution in [1.29, 1.82) is 0 Å². The van der Waals surface area contributed by atoms with Crippen LogP contribution in [-0.4, -0.2) is 25.0 Å². The highest BCUT2D eigenvalue weighted by Gasteiger charge is 2.18. The van der Waals surface area contributed by atoms with Crippen molar-refractivity contribution in [3.05, 3.63) is 82.9 Å². The van der Waals surface area contributed by atoms with Gasteiger partial charge < -0.3 is 20.1 Å². The summed E-state index contributed by atoms with van der Waals surface area (Å²) in [6.45, 7) is 4.41. The number of hydrogen-bond donors (Lipinski definition) is 2. The molecule has 3 rings (SSSR count). The Morgan fingerprint density at radius 1 is 0.774 bits per heavy atom. The molecule has 0 aliphatic carbocycles. The van der Waals surface area contributed by atoms with Gasteiger partial charge in [0.15, 0.2) is 0 Å². The summed E-state index contributed by atoms with van der Waals surface area (Å²) in [6.07, 6.45) is 0. The molecule has 0 atom stereocenters. The van der Waals surface area contributed by atoms with E-state index in [1.807, 2.05) is 19.9 Å². The molecule has 31 heavy (non-hydrogen) atoms. The smallest absolute Gasteiger partial charge is 0.257 e. The molecule has 0 bridgehead atoms. The largest absolute Gasteiger partial charge is 0.492 e. The van der Waals surface area contributed by atoms with Gasteiger partial charge in [-0.25, -0.2) is 0 Å². The first kappa shape index (κ1) is 22.2. The number of halogens is 1. The van der Waals surface area contributed by atoms with E-state index < -0.39 is 0 Å². The number of ether oxygens (including phenoxy) is 2. The Hall–Kier alpha value is -3.51. The number of anilines is 2. The minimum absolute atomic E-state index is 0.281. The second-order valence-corrected chi connectivity index (χ2v) is 6.87. The number of amides is 2. The standard InChI is InChI=1S/C24H23ClN2O4/c1-3-30-21-15-20(27-24(29)17-12-8-9-13-18(17)25)22(31-4-2)14-19(21)26-23(28)16-10-6-5-7-11-16/h5-15H,3-4H2,1-2H3,(H,26,28)(H,27,29). The Morgan fingerprint density at radius 3 is 1.84 bits per heavy atom. The summed E-state index contributed by atoms with van der Waals surface area (Å²) in [5.41, 5.74) is 1.70. The molecule has 0 saturated carbocycles. The van der Waals surface area contributed by atoms with Crippen LogP contribution in [0.1, 0.15) is 34.6 Å². The first-order chi connectivity index (χ1) is 15.0. The SMILES string of the molecule is CCOc1cc(NC(=O)c2ccccc2Cl)c(OCC)cc1NC(=O)c1ccccc1. The molecule has 0 spiro atoms. The van der Waals surface area contributed by atoms with Gasteiger partial charge in [0.25, 0.3) is 11.8 Å². The van der Waals surface area contributed by atoms with Gasteiger partial charge in [-0.1, -0.05) is 41.9 Å². The number of nitrogens with one attached hydrogen (secondary N) is 2. The molecule has 160 valence electrons. The lowest BCUT2D eigenvalue weighted by Crippen LogP contribution is -2.16. The van der Waals surface area contributed by atoms with Crippen LogP contribution >= 0.6 is 11.6 Å². The van der Waals surface area contributed by atoms with E-state index in [4.69, 9.17) is 21.1 Å². The molecular formula is C24H23ClN2O4. The molecule has 0 aliphatic heterocycles. The van der Waals surface area contributed by atoms with Gasteiger partial charge in [0.05, 0.1) is 35.2 Å². The van der Waals surface area contributed by atoms with Crippen LogP contribution in [0.5, 0.6) is 11.5 Å². The predicted octanol–water partition coefficient (Wildman–Crippen LogP) is 5.64. The third-order valence-electron chi connectivity index (χ3n) is 4.33. The molecule has 0 aliphatic rings. The maximum atomic E-state index is 12.7. The maximum absolute atomic E-state index is 12.7. The fraction of sp³-hybridized carbons (Fsp3) is 0.167. The minimum atomic E-state index is -0.380. The van der Waals surface area contributed by atoms with Gasteiger partial charge in [0.2, 0.25) is 0 Å². The lowest BCUT2D eigenvalue weighted by atomic mass is 10.1. The summed E-state index contributed by atoms with van der Waals surface area (Å²) in [6, 6.07) is 18.9. The number of carbonyl (C=O) groups excluding carboxylic acids is 2. The van der Waals surface area contributed by atoms with E-state index in [1.54, 1.807) is 60.7 Å². The molecule has 0 saturated heterocycles. The van der Waals surface area contributed by atoms with Crippen molar-refractivity contribution in [1.82, 2.24) is 0 Å². The summed E-state index contributed by atoms with van der Waals surface area (Å²) in [4.78, 5) is 25.4. The number of hydrogen-bond acceptors (Lipinski definition) is 4. The van der Waals surface area contributed by atoms with Crippen LogP contribution in [0.4, 0.5) is 11.4 Å². The Balaban J connectivity index is 1.94. The van der Waals surface area contributed by atoms with E-state index >= 15 is 0 Å². The zero-order valence-electron chi connectivity index (χ0n) is 17.3. The van der Waals surface area contributed by atoms with Crippen LogP contribution in [0.2, 0.25) is 5.02 Å². The van der Waals surface area contributed by atoms with Crippen molar-refractivity contribution in [3.8, 4) is 11.5 Å². The van der Waals surface area contributed by atoms with Crippen LogP contribution in [0, 0.1) is 0 Å². The van der Waals surface area contributed by atoms with Crippen molar-refractivity contribution >= 4 is 34.8 Å². The first-order valence-electron chi connectivity index (χ1n) is 9.89. The van der Waals surface area contributed by atoms with E-state index in [0.717, 1.165) is 0 Å². The van der Waals surface area contributed by atoms with Gasteiger partial charge in [0, 0.05) is 17.7 Å². The second kappa shape index (κ2) is 10.5. The summed E-state index contributed by atoms with van der Waals surface area (Å²) in [5.74, 6) is 0.145. The Bertz CT molecular complexity index is 1070. The van der Waals surface area contributed by atoms with E-state index in [2.05, 4.69) is 10.6 Å². The van der Waals surface area contributed by atoms with E-state index in [9.17, 15) is 9.59 Å². The molecular weight excluding hydrogens is 416 g/mol. The fourth-order valence-corrected chi connectivity index (χ4v) is 3.15. The van der Waals surface area contributed by atoms with Crippen molar-refractivity contribution < 1.29 is 19.1 Å². The molecule has 3 aromatic carbocycles. The zero-order chi connectivity index (χ0) is 22.2. The Kier molecular flexibility index (Phi) is 7.51. The summed E-state index contributed by atoms with van der Waals surface area (Å²) in [5, 5.41) is 6.02. The van der Waals surface area contributed by atoms with Gasteiger partial charge in [-0.2, -0.15) is 0 Å². The van der Waals surface area contributed by atoms with E-state index in [-0.39, 0.29) is 11.8 Å². The summed E-state index contributed by atoms with van der Waals surface area (Å²) < 4.78 is 11.4. The van der Waals surface area contributed by atoms with Gasteiger partial charge in [-0.15, -0.1) is 0 Å². The minimum Gasteiger partial charge on any atom is -0.492 e. The molecule has 2 N–H and O–H groups in total. The molecule has 0 heterocycles. The third kappa shape index (κ3) is 5.55. The predicted molar refractivity (Wildman–Crippen MR) is 123 cm³/mol.